The van der Waals surface area contributed by atoms with E-state index in [-0.39, 0.29) is 18.1 Å². The zero-order valence-electron chi connectivity index (χ0n) is 10.7. The molecule has 2 N–H and O–H groups in total. The van der Waals surface area contributed by atoms with Crippen LogP contribution in [0.2, 0.25) is 5.02 Å². The van der Waals surface area contributed by atoms with Crippen LogP contribution in [0.15, 0.2) is 30.3 Å². The Bertz CT molecular complexity index is 465. The normalized spacial score (nSPS) is 23.5. The molecule has 0 aliphatic heterocycles. The molecule has 1 aliphatic rings. The number of aliphatic hydroxyl groups excluding tert-OH is 1. The number of aliphatic hydroxyl groups is 1. The van der Waals surface area contributed by atoms with E-state index in [1.807, 2.05) is 18.2 Å². The summed E-state index contributed by atoms with van der Waals surface area (Å²) in [4.78, 5) is 11.8. The first-order chi connectivity index (χ1) is 9.13. The fraction of sp³-hybridized carbons (Fsp3) is 0.400. The molecule has 3 nitrogen and oxygen atoms in total. The van der Waals surface area contributed by atoms with Crippen molar-refractivity contribution in [1.29, 1.82) is 0 Å². The van der Waals surface area contributed by atoms with Gasteiger partial charge in [0.2, 0.25) is 5.91 Å². The first-order valence-electron chi connectivity index (χ1n) is 6.56. The maximum absolute atomic E-state index is 11.8. The van der Waals surface area contributed by atoms with Gasteiger partial charge < -0.3 is 10.4 Å². The highest BCUT2D eigenvalue weighted by atomic mass is 35.5. The molecule has 0 saturated heterocycles. The van der Waals surface area contributed by atoms with Crippen LogP contribution in [0.1, 0.15) is 31.2 Å². The SMILES string of the molecule is O=C(C=Cc1cccc(Cl)c1)NC1CCC(O)CC1. The van der Waals surface area contributed by atoms with E-state index < -0.39 is 0 Å². The Morgan fingerprint density at radius 3 is 2.74 bits per heavy atom. The van der Waals surface area contributed by atoms with Crippen molar-refractivity contribution in [1.82, 2.24) is 5.32 Å². The minimum Gasteiger partial charge on any atom is -0.393 e. The molecule has 19 heavy (non-hydrogen) atoms. The monoisotopic (exact) mass is 279 g/mol. The van der Waals surface area contributed by atoms with Crippen molar-refractivity contribution in [2.45, 2.75) is 37.8 Å². The molecule has 0 unspecified atom stereocenters. The van der Waals surface area contributed by atoms with Crippen molar-refractivity contribution in [2.75, 3.05) is 0 Å². The first-order valence-corrected chi connectivity index (χ1v) is 6.93. The van der Waals surface area contributed by atoms with E-state index in [0.717, 1.165) is 31.2 Å². The third-order valence-electron chi connectivity index (χ3n) is 3.32. The van der Waals surface area contributed by atoms with Gasteiger partial charge in [-0.3, -0.25) is 4.79 Å². The van der Waals surface area contributed by atoms with Crippen molar-refractivity contribution in [2.24, 2.45) is 0 Å². The predicted molar refractivity (Wildman–Crippen MR) is 76.9 cm³/mol. The lowest BCUT2D eigenvalue weighted by atomic mass is 9.93. The summed E-state index contributed by atoms with van der Waals surface area (Å²) in [6.45, 7) is 0. The van der Waals surface area contributed by atoms with Crippen LogP contribution in [0.25, 0.3) is 6.08 Å². The van der Waals surface area contributed by atoms with Gasteiger partial charge in [0.1, 0.15) is 0 Å². The summed E-state index contributed by atoms with van der Waals surface area (Å²) in [6, 6.07) is 7.53. The van der Waals surface area contributed by atoms with Crippen LogP contribution >= 0.6 is 11.6 Å². The van der Waals surface area contributed by atoms with E-state index in [9.17, 15) is 9.90 Å². The number of rotatable bonds is 3. The largest absolute Gasteiger partial charge is 0.393 e. The fourth-order valence-electron chi connectivity index (χ4n) is 2.25. The quantitative estimate of drug-likeness (QED) is 0.836. The Morgan fingerprint density at radius 2 is 2.05 bits per heavy atom. The third kappa shape index (κ3) is 4.69. The highest BCUT2D eigenvalue weighted by Gasteiger charge is 2.19. The molecule has 1 fully saturated rings. The topological polar surface area (TPSA) is 49.3 Å². The summed E-state index contributed by atoms with van der Waals surface area (Å²) in [5.41, 5.74) is 0.904. The van der Waals surface area contributed by atoms with Gasteiger partial charge in [-0.15, -0.1) is 0 Å². The molecule has 0 heterocycles. The van der Waals surface area contributed by atoms with Crippen molar-refractivity contribution >= 4 is 23.6 Å². The van der Waals surface area contributed by atoms with E-state index in [1.165, 1.54) is 6.08 Å². The van der Waals surface area contributed by atoms with Gasteiger partial charge in [0, 0.05) is 17.1 Å². The summed E-state index contributed by atoms with van der Waals surface area (Å²) in [6.07, 6.45) is 6.30. The second kappa shape index (κ2) is 6.73. The van der Waals surface area contributed by atoms with E-state index in [2.05, 4.69) is 5.32 Å². The van der Waals surface area contributed by atoms with Gasteiger partial charge in [0.05, 0.1) is 6.10 Å². The van der Waals surface area contributed by atoms with Crippen LogP contribution < -0.4 is 5.32 Å². The molecule has 2 rings (SSSR count). The second-order valence-electron chi connectivity index (χ2n) is 4.90. The molecule has 0 aromatic heterocycles. The van der Waals surface area contributed by atoms with Crippen molar-refractivity contribution in [3.8, 4) is 0 Å². The number of nitrogens with one attached hydrogen (secondary N) is 1. The summed E-state index contributed by atoms with van der Waals surface area (Å²) < 4.78 is 0. The molecular formula is C15H18ClNO2. The van der Waals surface area contributed by atoms with Crippen molar-refractivity contribution in [3.63, 3.8) is 0 Å². The number of hydrogen-bond acceptors (Lipinski definition) is 2. The lowest BCUT2D eigenvalue weighted by Gasteiger charge is -2.25. The van der Waals surface area contributed by atoms with E-state index >= 15 is 0 Å². The van der Waals surface area contributed by atoms with Crippen LogP contribution in [0.3, 0.4) is 0 Å². The Labute approximate surface area is 118 Å². The number of amides is 1. The van der Waals surface area contributed by atoms with Gasteiger partial charge in [-0.25, -0.2) is 0 Å². The van der Waals surface area contributed by atoms with Crippen LogP contribution in [0, 0.1) is 0 Å². The van der Waals surface area contributed by atoms with Crippen molar-refractivity contribution < 1.29 is 9.90 Å². The average Bonchev–Trinajstić information content (AvgIpc) is 2.39. The second-order valence-corrected chi connectivity index (χ2v) is 5.34. The minimum absolute atomic E-state index is 0.0960. The molecule has 1 saturated carbocycles. The third-order valence-corrected chi connectivity index (χ3v) is 3.55. The highest BCUT2D eigenvalue weighted by molar-refractivity contribution is 6.30. The zero-order chi connectivity index (χ0) is 13.7. The van der Waals surface area contributed by atoms with Crippen LogP contribution in [-0.2, 0) is 4.79 Å². The molecule has 0 spiro atoms. The molecule has 1 aromatic carbocycles. The average molecular weight is 280 g/mol. The van der Waals surface area contributed by atoms with Gasteiger partial charge in [-0.1, -0.05) is 23.7 Å². The van der Waals surface area contributed by atoms with Crippen LogP contribution in [0.5, 0.6) is 0 Å². The molecule has 1 aliphatic carbocycles. The van der Waals surface area contributed by atoms with Gasteiger partial charge in [0.15, 0.2) is 0 Å². The Morgan fingerprint density at radius 1 is 1.32 bits per heavy atom. The molecule has 0 bridgehead atoms. The lowest BCUT2D eigenvalue weighted by Crippen LogP contribution is -2.37. The van der Waals surface area contributed by atoms with Crippen LogP contribution in [0.4, 0.5) is 0 Å². The first kappa shape index (κ1) is 14.1. The maximum Gasteiger partial charge on any atom is 0.244 e. The van der Waals surface area contributed by atoms with Crippen LogP contribution in [-0.4, -0.2) is 23.2 Å². The summed E-state index contributed by atoms with van der Waals surface area (Å²) in [5.74, 6) is -0.0960. The molecular weight excluding hydrogens is 262 g/mol. The smallest absolute Gasteiger partial charge is 0.244 e. The Hall–Kier alpha value is -1.32. The predicted octanol–water partition coefficient (Wildman–Crippen LogP) is 2.77. The molecule has 1 aromatic rings. The van der Waals surface area contributed by atoms with Gasteiger partial charge >= 0.3 is 0 Å². The summed E-state index contributed by atoms with van der Waals surface area (Å²) >= 11 is 5.87. The molecule has 4 heteroatoms. The minimum atomic E-state index is -0.199. The molecule has 1 amide bonds. The van der Waals surface area contributed by atoms with Gasteiger partial charge in [-0.2, -0.15) is 0 Å². The maximum atomic E-state index is 11.8. The van der Waals surface area contributed by atoms with E-state index in [4.69, 9.17) is 11.6 Å². The summed E-state index contributed by atoms with van der Waals surface area (Å²) in [7, 11) is 0. The number of hydrogen-bond donors (Lipinski definition) is 2. The number of halogens is 1. The Balaban J connectivity index is 1.84. The Kier molecular flexibility index (Phi) is 5.00. The van der Waals surface area contributed by atoms with E-state index in [1.54, 1.807) is 12.1 Å². The van der Waals surface area contributed by atoms with E-state index in [0.29, 0.717) is 5.02 Å². The summed E-state index contributed by atoms with van der Waals surface area (Å²) in [5, 5.41) is 13.0. The number of benzene rings is 1. The van der Waals surface area contributed by atoms with Gasteiger partial charge in [-0.05, 0) is 49.5 Å². The fourth-order valence-corrected chi connectivity index (χ4v) is 2.45. The molecule has 102 valence electrons. The molecule has 0 radical (unpaired) electrons. The zero-order valence-corrected chi connectivity index (χ0v) is 11.4. The highest BCUT2D eigenvalue weighted by Crippen LogP contribution is 2.18. The number of carbonyl (C=O) groups is 1. The lowest BCUT2D eigenvalue weighted by molar-refractivity contribution is -0.117. The standard InChI is InChI=1S/C15H18ClNO2/c16-12-3-1-2-11(10-12)4-9-15(19)17-13-5-7-14(18)8-6-13/h1-4,9-10,13-14,18H,5-8H2,(H,17,19). The van der Waals surface area contributed by atoms with Crippen molar-refractivity contribution in [3.05, 3.63) is 40.9 Å². The van der Waals surface area contributed by atoms with Gasteiger partial charge in [0.25, 0.3) is 0 Å². The number of carbonyl (C=O) groups excluding carboxylic acids is 1. The molecule has 0 atom stereocenters.